The first-order chi connectivity index (χ1) is 10.2. The molecular weight excluding hydrogens is 264 g/mol. The van der Waals surface area contributed by atoms with Crippen molar-refractivity contribution in [2.75, 3.05) is 32.5 Å². The number of benzene rings is 1. The third kappa shape index (κ3) is 3.00. The molecule has 0 aliphatic carbocycles. The van der Waals surface area contributed by atoms with Crippen LogP contribution in [0.5, 0.6) is 0 Å². The lowest BCUT2D eigenvalue weighted by atomic mass is 10.2. The third-order valence-corrected chi connectivity index (χ3v) is 3.19. The van der Waals surface area contributed by atoms with Crippen LogP contribution in [-0.2, 0) is 0 Å². The first kappa shape index (κ1) is 13.5. The number of aromatic amines is 1. The third-order valence-electron chi connectivity index (χ3n) is 3.19. The second kappa shape index (κ2) is 5.88. The van der Waals surface area contributed by atoms with E-state index >= 15 is 0 Å². The number of anilines is 1. The van der Waals surface area contributed by atoms with Gasteiger partial charge in [-0.1, -0.05) is 30.3 Å². The molecule has 3 rings (SSSR count). The first-order valence-corrected chi connectivity index (χ1v) is 6.89. The van der Waals surface area contributed by atoms with Crippen molar-refractivity contribution < 1.29 is 0 Å². The Morgan fingerprint density at radius 3 is 2.71 bits per heavy atom. The lowest BCUT2D eigenvalue weighted by molar-refractivity contribution is 0.425. The van der Waals surface area contributed by atoms with Crippen LogP contribution in [0.15, 0.2) is 36.5 Å². The maximum absolute atomic E-state index is 4.64. The van der Waals surface area contributed by atoms with Gasteiger partial charge >= 0.3 is 0 Å². The summed E-state index contributed by atoms with van der Waals surface area (Å²) in [5.74, 6) is 1.51. The second-order valence-electron chi connectivity index (χ2n) is 5.12. The standard InChI is InChI=1S/C15H18N6/c1-21(2)9-8-16-14-12-10-17-20-15(12)19-13(18-14)11-6-4-3-5-7-11/h3-7,10H,8-9H2,1-2H3,(H2,16,17,18,19,20). The Hall–Kier alpha value is -2.47. The predicted octanol–water partition coefficient (Wildman–Crippen LogP) is 1.99. The van der Waals surface area contributed by atoms with Crippen LogP contribution in [0.1, 0.15) is 0 Å². The number of hydrogen-bond acceptors (Lipinski definition) is 5. The van der Waals surface area contributed by atoms with E-state index in [1.54, 1.807) is 6.20 Å². The van der Waals surface area contributed by atoms with Gasteiger partial charge in [-0.15, -0.1) is 0 Å². The Balaban J connectivity index is 1.96. The van der Waals surface area contributed by atoms with Crippen LogP contribution in [0.4, 0.5) is 5.82 Å². The van der Waals surface area contributed by atoms with E-state index in [2.05, 4.69) is 30.4 Å². The average Bonchev–Trinajstić information content (AvgIpc) is 2.96. The summed E-state index contributed by atoms with van der Waals surface area (Å²) in [6.07, 6.45) is 1.75. The van der Waals surface area contributed by atoms with Crippen molar-refractivity contribution in [3.63, 3.8) is 0 Å². The molecule has 108 valence electrons. The van der Waals surface area contributed by atoms with Gasteiger partial charge in [0.1, 0.15) is 5.82 Å². The molecule has 0 amide bonds. The minimum Gasteiger partial charge on any atom is -0.368 e. The van der Waals surface area contributed by atoms with E-state index in [1.807, 2.05) is 44.4 Å². The molecule has 0 unspecified atom stereocenters. The summed E-state index contributed by atoms with van der Waals surface area (Å²) in [5, 5.41) is 11.3. The summed E-state index contributed by atoms with van der Waals surface area (Å²) in [6, 6.07) is 9.95. The van der Waals surface area contributed by atoms with E-state index in [1.165, 1.54) is 0 Å². The molecule has 3 aromatic rings. The normalized spacial score (nSPS) is 11.2. The highest BCUT2D eigenvalue weighted by Crippen LogP contribution is 2.23. The molecule has 0 spiro atoms. The quantitative estimate of drug-likeness (QED) is 0.749. The fraction of sp³-hybridized carbons (Fsp3) is 0.267. The number of nitrogens with zero attached hydrogens (tertiary/aromatic N) is 4. The van der Waals surface area contributed by atoms with Gasteiger partial charge < -0.3 is 10.2 Å². The molecule has 2 heterocycles. The van der Waals surface area contributed by atoms with Crippen molar-refractivity contribution >= 4 is 16.9 Å². The Morgan fingerprint density at radius 1 is 1.14 bits per heavy atom. The topological polar surface area (TPSA) is 69.7 Å². The Morgan fingerprint density at radius 2 is 1.95 bits per heavy atom. The largest absolute Gasteiger partial charge is 0.368 e. The van der Waals surface area contributed by atoms with Crippen LogP contribution >= 0.6 is 0 Å². The lowest BCUT2D eigenvalue weighted by Crippen LogP contribution is -2.21. The molecule has 0 bridgehead atoms. The van der Waals surface area contributed by atoms with Gasteiger partial charge in [-0.25, -0.2) is 9.97 Å². The summed E-state index contributed by atoms with van der Waals surface area (Å²) in [6.45, 7) is 1.75. The van der Waals surface area contributed by atoms with Gasteiger partial charge in [0, 0.05) is 18.7 Å². The molecule has 0 saturated heterocycles. The summed E-state index contributed by atoms with van der Waals surface area (Å²) < 4.78 is 0. The van der Waals surface area contributed by atoms with Gasteiger partial charge in [0.05, 0.1) is 11.6 Å². The van der Waals surface area contributed by atoms with Crippen LogP contribution in [0.25, 0.3) is 22.4 Å². The molecule has 1 aromatic carbocycles. The van der Waals surface area contributed by atoms with Crippen LogP contribution < -0.4 is 5.32 Å². The average molecular weight is 282 g/mol. The molecule has 21 heavy (non-hydrogen) atoms. The molecule has 2 N–H and O–H groups in total. The van der Waals surface area contributed by atoms with Gasteiger partial charge in [0.25, 0.3) is 0 Å². The van der Waals surface area contributed by atoms with Gasteiger partial charge in [0.15, 0.2) is 11.5 Å². The molecule has 0 saturated carbocycles. The monoisotopic (exact) mass is 282 g/mol. The molecule has 0 radical (unpaired) electrons. The number of likely N-dealkylation sites (N-methyl/N-ethyl adjacent to an activating group) is 1. The summed E-state index contributed by atoms with van der Waals surface area (Å²) >= 11 is 0. The maximum Gasteiger partial charge on any atom is 0.163 e. The Labute approximate surface area is 123 Å². The van der Waals surface area contributed by atoms with E-state index in [-0.39, 0.29) is 0 Å². The number of H-pyrrole nitrogens is 1. The van der Waals surface area contributed by atoms with Crippen LogP contribution in [0, 0.1) is 0 Å². The highest BCUT2D eigenvalue weighted by molar-refractivity contribution is 5.87. The number of aromatic nitrogens is 4. The van der Waals surface area contributed by atoms with Crippen LogP contribution in [0.2, 0.25) is 0 Å². The van der Waals surface area contributed by atoms with Crippen molar-refractivity contribution in [2.45, 2.75) is 0 Å². The lowest BCUT2D eigenvalue weighted by Gasteiger charge is -2.12. The number of nitrogens with one attached hydrogen (secondary N) is 2. The summed E-state index contributed by atoms with van der Waals surface area (Å²) in [4.78, 5) is 11.3. The van der Waals surface area contributed by atoms with E-state index < -0.39 is 0 Å². The van der Waals surface area contributed by atoms with E-state index in [0.717, 1.165) is 35.5 Å². The van der Waals surface area contributed by atoms with Crippen LogP contribution in [-0.4, -0.2) is 52.3 Å². The van der Waals surface area contributed by atoms with Crippen molar-refractivity contribution in [3.8, 4) is 11.4 Å². The zero-order valence-corrected chi connectivity index (χ0v) is 12.2. The highest BCUT2D eigenvalue weighted by atomic mass is 15.2. The van der Waals surface area contributed by atoms with Crippen molar-refractivity contribution in [3.05, 3.63) is 36.5 Å². The minimum atomic E-state index is 0.694. The molecule has 2 aromatic heterocycles. The van der Waals surface area contributed by atoms with Gasteiger partial charge in [-0.05, 0) is 14.1 Å². The SMILES string of the molecule is CN(C)CCNc1nc(-c2ccccc2)nc2[nH]ncc12. The molecule has 0 fully saturated rings. The molecular formula is C15H18N6. The number of fused-ring (bicyclic) bond motifs is 1. The summed E-state index contributed by atoms with van der Waals surface area (Å²) in [5.41, 5.74) is 1.74. The molecule has 6 heteroatoms. The van der Waals surface area contributed by atoms with Crippen molar-refractivity contribution in [2.24, 2.45) is 0 Å². The maximum atomic E-state index is 4.64. The van der Waals surface area contributed by atoms with Crippen molar-refractivity contribution in [1.82, 2.24) is 25.1 Å². The highest BCUT2D eigenvalue weighted by Gasteiger charge is 2.10. The minimum absolute atomic E-state index is 0.694. The molecule has 0 aliphatic rings. The molecule has 0 aliphatic heterocycles. The Kier molecular flexibility index (Phi) is 3.79. The fourth-order valence-electron chi connectivity index (χ4n) is 2.08. The second-order valence-corrected chi connectivity index (χ2v) is 5.12. The van der Waals surface area contributed by atoms with Gasteiger partial charge in [-0.2, -0.15) is 5.10 Å². The number of rotatable bonds is 5. The van der Waals surface area contributed by atoms with E-state index in [0.29, 0.717) is 5.82 Å². The first-order valence-electron chi connectivity index (χ1n) is 6.89. The summed E-state index contributed by atoms with van der Waals surface area (Å²) in [7, 11) is 4.09. The molecule has 6 nitrogen and oxygen atoms in total. The fourth-order valence-corrected chi connectivity index (χ4v) is 2.08. The van der Waals surface area contributed by atoms with E-state index in [4.69, 9.17) is 0 Å². The molecule has 0 atom stereocenters. The zero-order valence-electron chi connectivity index (χ0n) is 12.2. The van der Waals surface area contributed by atoms with Gasteiger partial charge in [0.2, 0.25) is 0 Å². The van der Waals surface area contributed by atoms with E-state index in [9.17, 15) is 0 Å². The zero-order chi connectivity index (χ0) is 14.7. The van der Waals surface area contributed by atoms with Crippen LogP contribution in [0.3, 0.4) is 0 Å². The van der Waals surface area contributed by atoms with Crippen molar-refractivity contribution in [1.29, 1.82) is 0 Å². The number of hydrogen-bond donors (Lipinski definition) is 2. The smallest absolute Gasteiger partial charge is 0.163 e. The predicted molar refractivity (Wildman–Crippen MR) is 84.2 cm³/mol. The van der Waals surface area contributed by atoms with Gasteiger partial charge in [-0.3, -0.25) is 5.10 Å². The Bertz CT molecular complexity index is 719.